The first-order chi connectivity index (χ1) is 10.2. The number of sulfonamides is 1. The molecular weight excluding hydrogens is 316 g/mol. The predicted molar refractivity (Wildman–Crippen MR) is 76.3 cm³/mol. The molecule has 0 spiro atoms. The molecule has 0 aromatic heterocycles. The molecule has 0 fully saturated rings. The van der Waals surface area contributed by atoms with Gasteiger partial charge >= 0.3 is 5.97 Å². The summed E-state index contributed by atoms with van der Waals surface area (Å²) >= 11 is 0. The fraction of sp³-hybridized carbons (Fsp3) is 0.417. The molecule has 1 aromatic rings. The molecule has 0 aliphatic rings. The highest BCUT2D eigenvalue weighted by molar-refractivity contribution is 7.89. The Morgan fingerprint density at radius 1 is 1.45 bits per heavy atom. The van der Waals surface area contributed by atoms with E-state index in [2.05, 4.69) is 0 Å². The van der Waals surface area contributed by atoms with Crippen molar-refractivity contribution in [3.63, 3.8) is 0 Å². The number of nitro benzene ring substituents is 1. The van der Waals surface area contributed by atoms with Gasteiger partial charge < -0.3 is 9.84 Å². The summed E-state index contributed by atoms with van der Waals surface area (Å²) in [5.74, 6) is -1.21. The van der Waals surface area contributed by atoms with E-state index in [9.17, 15) is 23.3 Å². The highest BCUT2D eigenvalue weighted by atomic mass is 32.2. The summed E-state index contributed by atoms with van der Waals surface area (Å²) in [6, 6.07) is 3.29. The maximum Gasteiger partial charge on any atom is 0.318 e. The Morgan fingerprint density at radius 2 is 2.09 bits per heavy atom. The fourth-order valence-electron chi connectivity index (χ4n) is 1.81. The monoisotopic (exact) mass is 332 g/mol. The number of carbonyl (C=O) groups is 1. The minimum Gasteiger partial charge on any atom is -0.497 e. The number of methoxy groups -OCH3 is 1. The molecule has 0 heterocycles. The number of carboxylic acid groups (broad SMARTS) is 1. The number of hydrogen-bond donors (Lipinski definition) is 1. The molecule has 0 saturated carbocycles. The number of nitro groups is 1. The van der Waals surface area contributed by atoms with Crippen molar-refractivity contribution in [2.45, 2.75) is 18.2 Å². The summed E-state index contributed by atoms with van der Waals surface area (Å²) in [5.41, 5.74) is -0.661. The maximum absolute atomic E-state index is 12.5. The van der Waals surface area contributed by atoms with Crippen molar-refractivity contribution < 1.29 is 28.0 Å². The van der Waals surface area contributed by atoms with Gasteiger partial charge in [-0.15, -0.1) is 0 Å². The normalized spacial score (nSPS) is 11.4. The zero-order chi connectivity index (χ0) is 16.9. The molecule has 0 bridgehead atoms. The molecule has 0 saturated heterocycles. The summed E-state index contributed by atoms with van der Waals surface area (Å²) < 4.78 is 30.5. The van der Waals surface area contributed by atoms with E-state index in [1.165, 1.54) is 13.2 Å². The standard InChI is InChI=1S/C12H16N2O7S/c1-3-6-13(8-12(15)16)22(19,20)11-5-4-9(21-2)7-10(11)14(17)18/h4-5,7H,3,6,8H2,1-2H3,(H,15,16). The van der Waals surface area contributed by atoms with Crippen molar-refractivity contribution in [1.29, 1.82) is 0 Å². The molecule has 122 valence electrons. The summed E-state index contributed by atoms with van der Waals surface area (Å²) in [5, 5.41) is 19.9. The molecule has 22 heavy (non-hydrogen) atoms. The molecule has 0 radical (unpaired) electrons. The van der Waals surface area contributed by atoms with E-state index in [1.807, 2.05) is 0 Å². The predicted octanol–water partition coefficient (Wildman–Crippen LogP) is 1.09. The summed E-state index contributed by atoms with van der Waals surface area (Å²) in [6.45, 7) is 0.851. The van der Waals surface area contributed by atoms with Crippen LogP contribution < -0.4 is 4.74 Å². The number of benzene rings is 1. The van der Waals surface area contributed by atoms with Crippen LogP contribution in [0, 0.1) is 10.1 Å². The minimum atomic E-state index is -4.30. The smallest absolute Gasteiger partial charge is 0.318 e. The minimum absolute atomic E-state index is 0.0577. The van der Waals surface area contributed by atoms with Crippen LogP contribution in [0.4, 0.5) is 5.69 Å². The first-order valence-corrected chi connectivity index (χ1v) is 7.72. The molecule has 10 heteroatoms. The number of rotatable bonds is 8. The van der Waals surface area contributed by atoms with Gasteiger partial charge in [-0.25, -0.2) is 8.42 Å². The number of nitrogens with zero attached hydrogens (tertiary/aromatic N) is 2. The van der Waals surface area contributed by atoms with Crippen molar-refractivity contribution in [3.8, 4) is 5.75 Å². The summed E-state index contributed by atoms with van der Waals surface area (Å²) in [7, 11) is -3.01. The van der Waals surface area contributed by atoms with E-state index >= 15 is 0 Å². The number of ether oxygens (including phenoxy) is 1. The van der Waals surface area contributed by atoms with Crippen molar-refractivity contribution in [1.82, 2.24) is 4.31 Å². The molecule has 1 rings (SSSR count). The van der Waals surface area contributed by atoms with Gasteiger partial charge in [0.05, 0.1) is 18.1 Å². The molecule has 1 N–H and O–H groups in total. The third kappa shape index (κ3) is 3.92. The molecule has 0 atom stereocenters. The van der Waals surface area contributed by atoms with E-state index in [4.69, 9.17) is 9.84 Å². The topological polar surface area (TPSA) is 127 Å². The van der Waals surface area contributed by atoms with Crippen LogP contribution in [0.15, 0.2) is 23.1 Å². The SMILES string of the molecule is CCCN(CC(=O)O)S(=O)(=O)c1ccc(OC)cc1[N+](=O)[O-]. The molecule has 1 aromatic carbocycles. The van der Waals surface area contributed by atoms with Crippen LogP contribution >= 0.6 is 0 Å². The van der Waals surface area contributed by atoms with Gasteiger partial charge in [0, 0.05) is 6.54 Å². The van der Waals surface area contributed by atoms with Crippen LogP contribution in [0.25, 0.3) is 0 Å². The van der Waals surface area contributed by atoms with E-state index in [0.717, 1.165) is 12.1 Å². The molecular formula is C12H16N2O7S. The highest BCUT2D eigenvalue weighted by Gasteiger charge is 2.32. The fourth-order valence-corrected chi connectivity index (χ4v) is 3.43. The van der Waals surface area contributed by atoms with Crippen LogP contribution in [0.3, 0.4) is 0 Å². The van der Waals surface area contributed by atoms with Crippen LogP contribution in [-0.4, -0.2) is 48.9 Å². The van der Waals surface area contributed by atoms with Crippen LogP contribution in [0.1, 0.15) is 13.3 Å². The van der Waals surface area contributed by atoms with Gasteiger partial charge in [0.1, 0.15) is 12.3 Å². The van der Waals surface area contributed by atoms with E-state index in [-0.39, 0.29) is 12.3 Å². The molecule has 0 aliphatic carbocycles. The van der Waals surface area contributed by atoms with Gasteiger partial charge in [0.2, 0.25) is 10.0 Å². The highest BCUT2D eigenvalue weighted by Crippen LogP contribution is 2.30. The largest absolute Gasteiger partial charge is 0.497 e. The molecule has 0 aliphatic heterocycles. The molecule has 0 amide bonds. The van der Waals surface area contributed by atoms with Gasteiger partial charge in [0.25, 0.3) is 5.69 Å². The lowest BCUT2D eigenvalue weighted by Crippen LogP contribution is -2.36. The third-order valence-corrected chi connectivity index (χ3v) is 4.66. The molecule has 9 nitrogen and oxygen atoms in total. The second kappa shape index (κ2) is 7.18. The summed E-state index contributed by atoms with van der Waals surface area (Å²) in [4.78, 5) is 20.5. The Bertz CT molecular complexity index is 672. The van der Waals surface area contributed by atoms with Gasteiger partial charge in [-0.3, -0.25) is 14.9 Å². The Morgan fingerprint density at radius 3 is 2.55 bits per heavy atom. The average Bonchev–Trinajstić information content (AvgIpc) is 2.45. The first-order valence-electron chi connectivity index (χ1n) is 6.28. The summed E-state index contributed by atoms with van der Waals surface area (Å²) in [6.07, 6.45) is 0.371. The van der Waals surface area contributed by atoms with Crippen LogP contribution in [-0.2, 0) is 14.8 Å². The van der Waals surface area contributed by atoms with Crippen molar-refractivity contribution >= 4 is 21.7 Å². The van der Waals surface area contributed by atoms with Crippen molar-refractivity contribution in [3.05, 3.63) is 28.3 Å². The van der Waals surface area contributed by atoms with Gasteiger partial charge in [-0.2, -0.15) is 4.31 Å². The lowest BCUT2D eigenvalue weighted by Gasteiger charge is -2.19. The van der Waals surface area contributed by atoms with Crippen molar-refractivity contribution in [2.24, 2.45) is 0 Å². The zero-order valence-electron chi connectivity index (χ0n) is 12.1. The van der Waals surface area contributed by atoms with Gasteiger partial charge in [0.15, 0.2) is 4.90 Å². The lowest BCUT2D eigenvalue weighted by molar-refractivity contribution is -0.387. The van der Waals surface area contributed by atoms with Crippen molar-refractivity contribution in [2.75, 3.05) is 20.2 Å². The number of hydrogen-bond acceptors (Lipinski definition) is 6. The quantitative estimate of drug-likeness (QED) is 0.557. The Kier molecular flexibility index (Phi) is 5.83. The van der Waals surface area contributed by atoms with E-state index in [0.29, 0.717) is 10.7 Å². The second-order valence-electron chi connectivity index (χ2n) is 4.32. The van der Waals surface area contributed by atoms with Crippen LogP contribution in [0.2, 0.25) is 0 Å². The Balaban J connectivity index is 3.42. The number of aliphatic carboxylic acids is 1. The Hall–Kier alpha value is -2.20. The van der Waals surface area contributed by atoms with Gasteiger partial charge in [-0.05, 0) is 18.6 Å². The average molecular weight is 332 g/mol. The maximum atomic E-state index is 12.5. The van der Waals surface area contributed by atoms with Gasteiger partial charge in [-0.1, -0.05) is 6.92 Å². The zero-order valence-corrected chi connectivity index (χ0v) is 12.9. The van der Waals surface area contributed by atoms with E-state index in [1.54, 1.807) is 6.92 Å². The third-order valence-electron chi connectivity index (χ3n) is 2.77. The Labute approximate surface area is 127 Å². The lowest BCUT2D eigenvalue weighted by atomic mass is 10.3. The van der Waals surface area contributed by atoms with E-state index < -0.39 is 38.0 Å². The van der Waals surface area contributed by atoms with Crippen LogP contribution in [0.5, 0.6) is 5.75 Å². The molecule has 0 unspecified atom stereocenters. The second-order valence-corrected chi connectivity index (χ2v) is 6.23. The first kappa shape index (κ1) is 17.9. The number of carboxylic acids is 1.